The third-order valence-corrected chi connectivity index (χ3v) is 5.12. The number of benzene rings is 1. The van der Waals surface area contributed by atoms with Crippen molar-refractivity contribution < 1.29 is 5.11 Å². The molecule has 9 heteroatoms. The average molecular weight is 432 g/mol. The normalized spacial score (nSPS) is 13.6. The zero-order valence-electron chi connectivity index (χ0n) is 18.1. The van der Waals surface area contributed by atoms with E-state index in [-0.39, 0.29) is 18.5 Å². The summed E-state index contributed by atoms with van der Waals surface area (Å²) < 4.78 is 2.07. The van der Waals surface area contributed by atoms with E-state index in [4.69, 9.17) is 22.3 Å². The Bertz CT molecular complexity index is 1100. The molecular formula is C21H30ClN7O. The minimum atomic E-state index is -0.550. The molecule has 0 aliphatic carbocycles. The highest BCUT2D eigenvalue weighted by atomic mass is 35.5. The molecule has 0 fully saturated rings. The first-order valence-corrected chi connectivity index (χ1v) is 10.5. The predicted molar refractivity (Wildman–Crippen MR) is 122 cm³/mol. The van der Waals surface area contributed by atoms with Gasteiger partial charge in [-0.2, -0.15) is 10.1 Å². The number of H-pyrrole nitrogens is 1. The molecule has 5 N–H and O–H groups in total. The summed E-state index contributed by atoms with van der Waals surface area (Å²) in [5.41, 5.74) is 10.7. The highest BCUT2D eigenvalue weighted by molar-refractivity contribution is 6.33. The highest BCUT2D eigenvalue weighted by Crippen LogP contribution is 2.28. The molecule has 1 atom stereocenters. The number of aromatic nitrogens is 4. The molecule has 0 saturated heterocycles. The van der Waals surface area contributed by atoms with Crippen LogP contribution in [0.4, 0.5) is 11.5 Å². The molecule has 162 valence electrons. The Kier molecular flexibility index (Phi) is 6.67. The standard InChI is InChI=1S/C21H30ClN7O/c1-11(2)17-19-18(28-27-17)20(24-10-14-6-7-15(22)16(23)8-14)26-21(25-9-13(5)30)29(19)12(3)4/h6-8,11-13,30H,9-10,23H2,1-5H3,(H,27,28)(H,24,25,26). The zero-order chi connectivity index (χ0) is 22.0. The van der Waals surface area contributed by atoms with Gasteiger partial charge in [-0.1, -0.05) is 31.5 Å². The molecule has 2 heterocycles. The van der Waals surface area contributed by atoms with Gasteiger partial charge in [0.25, 0.3) is 0 Å². The van der Waals surface area contributed by atoms with Crippen LogP contribution in [-0.4, -0.2) is 37.5 Å². The zero-order valence-corrected chi connectivity index (χ0v) is 18.8. The summed E-state index contributed by atoms with van der Waals surface area (Å²) in [5, 5.41) is 21.4. The van der Waals surface area contributed by atoms with Gasteiger partial charge in [-0.3, -0.25) is 5.10 Å². The summed E-state index contributed by atoms with van der Waals surface area (Å²) in [6.07, 6.45) is -0.550. The number of hydrogen-bond acceptors (Lipinski definition) is 6. The van der Waals surface area contributed by atoms with Crippen molar-refractivity contribution in [3.8, 4) is 0 Å². The first-order chi connectivity index (χ1) is 14.2. The fourth-order valence-electron chi connectivity index (χ4n) is 3.29. The van der Waals surface area contributed by atoms with Gasteiger partial charge in [0.2, 0.25) is 5.62 Å². The smallest absolute Gasteiger partial charge is 0.227 e. The lowest BCUT2D eigenvalue weighted by molar-refractivity contribution is 0.202. The molecule has 0 aliphatic rings. The molecule has 3 aromatic rings. The first-order valence-electron chi connectivity index (χ1n) is 10.2. The summed E-state index contributed by atoms with van der Waals surface area (Å²) in [6, 6.07) is 5.66. The maximum absolute atomic E-state index is 9.74. The monoisotopic (exact) mass is 431 g/mol. The third-order valence-electron chi connectivity index (χ3n) is 4.77. The fraction of sp³-hybridized carbons (Fsp3) is 0.476. The number of nitrogens with two attached hydrogens (primary N) is 1. The lowest BCUT2D eigenvalue weighted by atomic mass is 10.1. The third kappa shape index (κ3) is 4.60. The molecule has 1 unspecified atom stereocenters. The van der Waals surface area contributed by atoms with Crippen LogP contribution in [0.15, 0.2) is 23.2 Å². The van der Waals surface area contributed by atoms with Gasteiger partial charge in [-0.25, -0.2) is 4.99 Å². The van der Waals surface area contributed by atoms with E-state index in [9.17, 15) is 5.11 Å². The molecule has 30 heavy (non-hydrogen) atoms. The van der Waals surface area contributed by atoms with Crippen molar-refractivity contribution in [3.63, 3.8) is 0 Å². The molecule has 0 aliphatic heterocycles. The number of nitrogens with one attached hydrogen (secondary N) is 2. The Labute approximate surface area is 181 Å². The average Bonchev–Trinajstić information content (AvgIpc) is 3.11. The molecule has 0 amide bonds. The van der Waals surface area contributed by atoms with Crippen molar-refractivity contribution >= 4 is 34.1 Å². The number of fused-ring (bicyclic) bond motifs is 1. The van der Waals surface area contributed by atoms with Gasteiger partial charge in [0.05, 0.1) is 34.6 Å². The van der Waals surface area contributed by atoms with Crippen LogP contribution in [0.3, 0.4) is 0 Å². The molecule has 3 rings (SSSR count). The van der Waals surface area contributed by atoms with Gasteiger partial charge in [0.1, 0.15) is 0 Å². The molecule has 1 aromatic carbocycles. The van der Waals surface area contributed by atoms with E-state index in [1.165, 1.54) is 0 Å². The Balaban J connectivity index is 2.14. The quantitative estimate of drug-likeness (QED) is 0.426. The van der Waals surface area contributed by atoms with Crippen molar-refractivity contribution in [2.24, 2.45) is 4.99 Å². The van der Waals surface area contributed by atoms with E-state index in [2.05, 4.69) is 52.8 Å². The molecule has 2 aromatic heterocycles. The van der Waals surface area contributed by atoms with Crippen LogP contribution in [-0.2, 0) is 6.54 Å². The molecule has 0 saturated carbocycles. The maximum atomic E-state index is 9.74. The number of rotatable bonds is 7. The molecular weight excluding hydrogens is 402 g/mol. The SMILES string of the molecule is CC(O)CN=c1nc(NCc2ccc(Cl)c(N)c2)c2n[nH]c(C(C)C)c2n1C(C)C. The van der Waals surface area contributed by atoms with Crippen molar-refractivity contribution in [2.75, 3.05) is 17.6 Å². The van der Waals surface area contributed by atoms with Gasteiger partial charge in [-0.05, 0) is 44.4 Å². The van der Waals surface area contributed by atoms with Crippen LogP contribution in [0.2, 0.25) is 5.02 Å². The van der Waals surface area contributed by atoms with E-state index >= 15 is 0 Å². The lowest BCUT2D eigenvalue weighted by Gasteiger charge is -2.17. The minimum absolute atomic E-state index is 0.118. The number of nitrogens with zero attached hydrogens (tertiary/aromatic N) is 4. The largest absolute Gasteiger partial charge is 0.398 e. The number of anilines is 2. The first kappa shape index (κ1) is 22.1. The van der Waals surface area contributed by atoms with Gasteiger partial charge in [0.15, 0.2) is 11.3 Å². The summed E-state index contributed by atoms with van der Waals surface area (Å²) in [6.45, 7) is 10.9. The number of aliphatic hydroxyl groups is 1. The Morgan fingerprint density at radius 3 is 2.60 bits per heavy atom. The molecule has 0 radical (unpaired) electrons. The number of aromatic amines is 1. The van der Waals surface area contributed by atoms with Crippen LogP contribution in [0.25, 0.3) is 11.0 Å². The Morgan fingerprint density at radius 1 is 1.27 bits per heavy atom. The summed E-state index contributed by atoms with van der Waals surface area (Å²) in [7, 11) is 0. The van der Waals surface area contributed by atoms with E-state index < -0.39 is 6.10 Å². The summed E-state index contributed by atoms with van der Waals surface area (Å²) in [5.74, 6) is 0.874. The topological polar surface area (TPSA) is 117 Å². The molecule has 0 bridgehead atoms. The van der Waals surface area contributed by atoms with Crippen LogP contribution < -0.4 is 16.7 Å². The van der Waals surface area contributed by atoms with Gasteiger partial charge in [-0.15, -0.1) is 0 Å². The Morgan fingerprint density at radius 2 is 2.00 bits per heavy atom. The van der Waals surface area contributed by atoms with Crippen LogP contribution >= 0.6 is 11.6 Å². The summed E-state index contributed by atoms with van der Waals surface area (Å²) >= 11 is 6.03. The highest BCUT2D eigenvalue weighted by Gasteiger charge is 2.20. The summed E-state index contributed by atoms with van der Waals surface area (Å²) in [4.78, 5) is 9.34. The van der Waals surface area contributed by atoms with Gasteiger partial charge in [0, 0.05) is 12.6 Å². The van der Waals surface area contributed by atoms with Gasteiger partial charge < -0.3 is 20.7 Å². The molecule has 0 spiro atoms. The number of halogens is 1. The van der Waals surface area contributed by atoms with Crippen LogP contribution in [0.5, 0.6) is 0 Å². The second-order valence-corrected chi connectivity index (χ2v) is 8.52. The minimum Gasteiger partial charge on any atom is -0.398 e. The predicted octanol–water partition coefficient (Wildman–Crippen LogP) is 3.59. The lowest BCUT2D eigenvalue weighted by Crippen LogP contribution is -2.29. The van der Waals surface area contributed by atoms with Crippen molar-refractivity contribution in [1.29, 1.82) is 0 Å². The second kappa shape index (κ2) is 9.06. The van der Waals surface area contributed by atoms with Crippen molar-refractivity contribution in [1.82, 2.24) is 19.7 Å². The van der Waals surface area contributed by atoms with Crippen molar-refractivity contribution in [2.45, 2.75) is 59.2 Å². The number of aliphatic hydroxyl groups excluding tert-OH is 1. The van der Waals surface area contributed by atoms with Crippen LogP contribution in [0.1, 0.15) is 57.8 Å². The van der Waals surface area contributed by atoms with Crippen molar-refractivity contribution in [3.05, 3.63) is 40.1 Å². The number of hydrogen-bond donors (Lipinski definition) is 4. The number of nitrogen functional groups attached to an aromatic ring is 1. The molecule has 8 nitrogen and oxygen atoms in total. The van der Waals surface area contributed by atoms with Gasteiger partial charge >= 0.3 is 0 Å². The maximum Gasteiger partial charge on any atom is 0.227 e. The fourth-order valence-corrected chi connectivity index (χ4v) is 3.41. The second-order valence-electron chi connectivity index (χ2n) is 8.11. The Hall–Kier alpha value is -2.58. The van der Waals surface area contributed by atoms with E-state index in [0.29, 0.717) is 28.7 Å². The van der Waals surface area contributed by atoms with E-state index in [1.54, 1.807) is 13.0 Å². The van der Waals surface area contributed by atoms with E-state index in [1.807, 2.05) is 12.1 Å². The van der Waals surface area contributed by atoms with Crippen LogP contribution in [0, 0.1) is 0 Å². The van der Waals surface area contributed by atoms with E-state index in [0.717, 1.165) is 22.3 Å².